The molecule has 0 atom stereocenters. The van der Waals surface area contributed by atoms with Crippen LogP contribution >= 0.6 is 0 Å². The number of nitrogens with zero attached hydrogens (tertiary/aromatic N) is 2. The van der Waals surface area contributed by atoms with E-state index in [4.69, 9.17) is 0 Å². The molecule has 26 heavy (non-hydrogen) atoms. The summed E-state index contributed by atoms with van der Waals surface area (Å²) in [7, 11) is 0. The van der Waals surface area contributed by atoms with Crippen LogP contribution in [0.3, 0.4) is 0 Å². The summed E-state index contributed by atoms with van der Waals surface area (Å²) in [5.74, 6) is -1.06. The Kier molecular flexibility index (Phi) is 7.33. The number of aromatic nitrogens is 1. The predicted molar refractivity (Wildman–Crippen MR) is 104 cm³/mol. The number of pyridine rings is 1. The number of aryl methyl sites for hydroxylation is 2. The first kappa shape index (κ1) is 19.6. The summed E-state index contributed by atoms with van der Waals surface area (Å²) in [5, 5.41) is 2.85. The average molecular weight is 353 g/mol. The number of nitrogens with one attached hydrogen (secondary N) is 1. The molecule has 0 aliphatic rings. The summed E-state index contributed by atoms with van der Waals surface area (Å²) < 4.78 is 0. The number of hydrogen-bond acceptors (Lipinski definition) is 3. The lowest BCUT2D eigenvalue weighted by atomic mass is 10.0. The quantitative estimate of drug-likeness (QED) is 0.777. The van der Waals surface area contributed by atoms with Crippen LogP contribution in [0, 0.1) is 0 Å². The van der Waals surface area contributed by atoms with Gasteiger partial charge in [0.15, 0.2) is 0 Å². The molecule has 1 heterocycles. The van der Waals surface area contributed by atoms with Crippen molar-refractivity contribution < 1.29 is 9.59 Å². The van der Waals surface area contributed by atoms with Crippen molar-refractivity contribution in [1.82, 2.24) is 9.88 Å². The SMILES string of the molecule is CCc1cccc(CC)c1NC(=O)C(=O)N(CC)CCc1ccncc1. The number of anilines is 1. The first-order chi connectivity index (χ1) is 12.6. The van der Waals surface area contributed by atoms with E-state index in [0.717, 1.165) is 35.2 Å². The third kappa shape index (κ3) is 4.91. The van der Waals surface area contributed by atoms with Crippen molar-refractivity contribution >= 4 is 17.5 Å². The topological polar surface area (TPSA) is 62.3 Å². The van der Waals surface area contributed by atoms with E-state index in [1.807, 2.05) is 51.1 Å². The molecular weight excluding hydrogens is 326 g/mol. The molecule has 0 bridgehead atoms. The van der Waals surface area contributed by atoms with Crippen LogP contribution < -0.4 is 5.32 Å². The van der Waals surface area contributed by atoms with Gasteiger partial charge in [0.25, 0.3) is 0 Å². The molecule has 138 valence electrons. The van der Waals surface area contributed by atoms with E-state index >= 15 is 0 Å². The van der Waals surface area contributed by atoms with Gasteiger partial charge in [-0.3, -0.25) is 14.6 Å². The molecule has 0 radical (unpaired) electrons. The van der Waals surface area contributed by atoms with E-state index < -0.39 is 11.8 Å². The molecule has 2 amide bonds. The Hall–Kier alpha value is -2.69. The van der Waals surface area contributed by atoms with Gasteiger partial charge in [0.1, 0.15) is 0 Å². The zero-order valence-corrected chi connectivity index (χ0v) is 15.8. The third-order valence-corrected chi connectivity index (χ3v) is 4.52. The lowest BCUT2D eigenvalue weighted by Gasteiger charge is -2.21. The van der Waals surface area contributed by atoms with Crippen LogP contribution in [0.15, 0.2) is 42.7 Å². The van der Waals surface area contributed by atoms with E-state index in [1.54, 1.807) is 17.3 Å². The van der Waals surface area contributed by atoms with Crippen molar-refractivity contribution in [2.45, 2.75) is 40.0 Å². The summed E-state index contributed by atoms with van der Waals surface area (Å²) in [4.78, 5) is 30.7. The highest BCUT2D eigenvalue weighted by Gasteiger charge is 2.22. The van der Waals surface area contributed by atoms with Gasteiger partial charge in [-0.2, -0.15) is 0 Å². The smallest absolute Gasteiger partial charge is 0.313 e. The van der Waals surface area contributed by atoms with Gasteiger partial charge in [-0.25, -0.2) is 0 Å². The molecule has 0 spiro atoms. The molecule has 1 N–H and O–H groups in total. The van der Waals surface area contributed by atoms with Crippen LogP contribution in [0.25, 0.3) is 0 Å². The van der Waals surface area contributed by atoms with Gasteiger partial charge >= 0.3 is 11.8 Å². The molecule has 0 unspecified atom stereocenters. The Morgan fingerprint density at radius 1 is 1.00 bits per heavy atom. The summed E-state index contributed by atoms with van der Waals surface area (Å²) in [6.45, 7) is 6.96. The monoisotopic (exact) mass is 353 g/mol. The predicted octanol–water partition coefficient (Wildman–Crippen LogP) is 3.24. The van der Waals surface area contributed by atoms with Crippen molar-refractivity contribution in [3.8, 4) is 0 Å². The zero-order chi connectivity index (χ0) is 18.9. The van der Waals surface area contributed by atoms with Gasteiger partial charge in [0, 0.05) is 31.2 Å². The lowest BCUT2D eigenvalue weighted by molar-refractivity contribution is -0.143. The van der Waals surface area contributed by atoms with Crippen LogP contribution in [0.5, 0.6) is 0 Å². The minimum absolute atomic E-state index is 0.491. The normalized spacial score (nSPS) is 10.4. The standard InChI is InChI=1S/C21H27N3O2/c1-4-17-8-7-9-18(5-2)19(17)23-20(25)21(26)24(6-3)15-12-16-10-13-22-14-11-16/h7-11,13-14H,4-6,12,15H2,1-3H3,(H,23,25). The second-order valence-electron chi connectivity index (χ2n) is 6.10. The van der Waals surface area contributed by atoms with Gasteiger partial charge in [0.2, 0.25) is 0 Å². The highest BCUT2D eigenvalue weighted by atomic mass is 16.2. The first-order valence-corrected chi connectivity index (χ1v) is 9.20. The summed E-state index contributed by atoms with van der Waals surface area (Å²) in [5.41, 5.74) is 3.97. The number of amides is 2. The number of benzene rings is 1. The maximum atomic E-state index is 12.6. The second-order valence-corrected chi connectivity index (χ2v) is 6.10. The number of hydrogen-bond donors (Lipinski definition) is 1. The number of rotatable bonds is 7. The fourth-order valence-electron chi connectivity index (χ4n) is 2.93. The molecule has 2 aromatic rings. The van der Waals surface area contributed by atoms with Gasteiger partial charge in [0.05, 0.1) is 0 Å². The maximum absolute atomic E-state index is 12.6. The Morgan fingerprint density at radius 3 is 2.15 bits per heavy atom. The molecule has 0 fully saturated rings. The van der Waals surface area contributed by atoms with Gasteiger partial charge in [-0.15, -0.1) is 0 Å². The van der Waals surface area contributed by atoms with Gasteiger partial charge < -0.3 is 10.2 Å². The van der Waals surface area contributed by atoms with E-state index in [2.05, 4.69) is 10.3 Å². The van der Waals surface area contributed by atoms with Crippen LogP contribution in [0.2, 0.25) is 0 Å². The number of carbonyl (C=O) groups is 2. The summed E-state index contributed by atoms with van der Waals surface area (Å²) in [6.07, 6.45) is 5.76. The van der Waals surface area contributed by atoms with Gasteiger partial charge in [-0.1, -0.05) is 32.0 Å². The van der Waals surface area contributed by atoms with Crippen LogP contribution in [-0.2, 0) is 28.9 Å². The lowest BCUT2D eigenvalue weighted by Crippen LogP contribution is -2.41. The minimum atomic E-state index is -0.572. The largest absolute Gasteiger partial charge is 0.334 e. The average Bonchev–Trinajstić information content (AvgIpc) is 2.69. The van der Waals surface area contributed by atoms with Crippen molar-refractivity contribution in [2.24, 2.45) is 0 Å². The van der Waals surface area contributed by atoms with Crippen LogP contribution in [0.1, 0.15) is 37.5 Å². The molecule has 0 aliphatic carbocycles. The Bertz CT molecular complexity index is 722. The molecule has 5 heteroatoms. The van der Waals surface area contributed by atoms with Crippen molar-refractivity contribution in [1.29, 1.82) is 0 Å². The van der Waals surface area contributed by atoms with E-state index in [-0.39, 0.29) is 0 Å². The highest BCUT2D eigenvalue weighted by molar-refractivity contribution is 6.39. The summed E-state index contributed by atoms with van der Waals surface area (Å²) >= 11 is 0. The van der Waals surface area contributed by atoms with Crippen molar-refractivity contribution in [3.63, 3.8) is 0 Å². The number of likely N-dealkylation sites (N-methyl/N-ethyl adjacent to an activating group) is 1. The molecule has 0 saturated heterocycles. The fraction of sp³-hybridized carbons (Fsp3) is 0.381. The van der Waals surface area contributed by atoms with E-state index in [9.17, 15) is 9.59 Å². The Labute approximate surface area is 155 Å². The highest BCUT2D eigenvalue weighted by Crippen LogP contribution is 2.22. The fourth-order valence-corrected chi connectivity index (χ4v) is 2.93. The molecular formula is C21H27N3O2. The first-order valence-electron chi connectivity index (χ1n) is 9.20. The number of para-hydroxylation sites is 1. The Balaban J connectivity index is 2.07. The van der Waals surface area contributed by atoms with Crippen molar-refractivity contribution in [3.05, 3.63) is 59.4 Å². The van der Waals surface area contributed by atoms with Crippen LogP contribution in [0.4, 0.5) is 5.69 Å². The van der Waals surface area contributed by atoms with E-state index in [0.29, 0.717) is 19.5 Å². The molecule has 5 nitrogen and oxygen atoms in total. The van der Waals surface area contributed by atoms with Gasteiger partial charge in [-0.05, 0) is 55.0 Å². The molecule has 1 aromatic carbocycles. The third-order valence-electron chi connectivity index (χ3n) is 4.52. The van der Waals surface area contributed by atoms with E-state index in [1.165, 1.54) is 0 Å². The Morgan fingerprint density at radius 2 is 1.62 bits per heavy atom. The molecule has 0 saturated carbocycles. The summed E-state index contributed by atoms with van der Waals surface area (Å²) in [6, 6.07) is 9.80. The van der Waals surface area contributed by atoms with Crippen LogP contribution in [-0.4, -0.2) is 34.8 Å². The minimum Gasteiger partial charge on any atom is -0.334 e. The molecule has 0 aliphatic heterocycles. The number of carbonyl (C=O) groups excluding carboxylic acids is 2. The maximum Gasteiger partial charge on any atom is 0.313 e. The second kappa shape index (κ2) is 9.70. The molecule has 2 rings (SSSR count). The van der Waals surface area contributed by atoms with Crippen molar-refractivity contribution in [2.75, 3.05) is 18.4 Å². The zero-order valence-electron chi connectivity index (χ0n) is 15.8. The molecule has 1 aromatic heterocycles.